The van der Waals surface area contributed by atoms with Gasteiger partial charge in [-0.25, -0.2) is 9.48 Å². The third-order valence-electron chi connectivity index (χ3n) is 4.40. The minimum Gasteiger partial charge on any atom is -0.467 e. The van der Waals surface area contributed by atoms with E-state index >= 15 is 0 Å². The molecule has 4 atom stereocenters. The van der Waals surface area contributed by atoms with Gasteiger partial charge in [0.2, 0.25) is 0 Å². The number of nitrogens with zero attached hydrogens (tertiary/aromatic N) is 4. The molecule has 2 fully saturated rings. The fraction of sp³-hybridized carbons (Fsp3) is 0.500. The Hall–Kier alpha value is -2.36. The van der Waals surface area contributed by atoms with Crippen molar-refractivity contribution in [1.82, 2.24) is 20.0 Å². The molecule has 9 heteroatoms. The minimum absolute atomic E-state index is 0.0957. The average Bonchev–Trinajstić information content (AvgIpc) is 3.36. The smallest absolute Gasteiger partial charge is 0.331 e. The molecule has 0 aromatic carbocycles. The number of hydrogen-bond donors (Lipinski definition) is 0. The van der Waals surface area contributed by atoms with Gasteiger partial charge in [0.15, 0.2) is 0 Å². The van der Waals surface area contributed by atoms with Crippen LogP contribution in [0, 0.1) is 0 Å². The molecule has 4 heterocycles. The first kappa shape index (κ1) is 16.1. The standard InChI is InChI=1S/C16H18N4O5/c1-22-14(21)9-23-13-8-25-15-12(7-24-16(13)15)20-6-11(18-19-20)10-4-2-3-5-17-10/h2-6,12-13,15-16H,7-9H2,1H3. The zero-order valence-corrected chi connectivity index (χ0v) is 13.6. The Morgan fingerprint density at radius 3 is 2.96 bits per heavy atom. The molecule has 0 amide bonds. The third kappa shape index (κ3) is 3.13. The molecule has 132 valence electrons. The van der Waals surface area contributed by atoms with Gasteiger partial charge in [0.05, 0.1) is 32.2 Å². The molecule has 2 aromatic rings. The van der Waals surface area contributed by atoms with Crippen molar-refractivity contribution in [2.24, 2.45) is 0 Å². The summed E-state index contributed by atoms with van der Waals surface area (Å²) in [6.07, 6.45) is 2.82. The number of rotatable bonds is 5. The number of esters is 1. The van der Waals surface area contributed by atoms with Crippen LogP contribution in [0.1, 0.15) is 6.04 Å². The number of carbonyl (C=O) groups excluding carboxylic acids is 1. The second kappa shape index (κ2) is 6.87. The number of pyridine rings is 1. The summed E-state index contributed by atoms with van der Waals surface area (Å²) >= 11 is 0. The van der Waals surface area contributed by atoms with Crippen molar-refractivity contribution in [3.05, 3.63) is 30.6 Å². The highest BCUT2D eigenvalue weighted by Gasteiger charge is 2.49. The van der Waals surface area contributed by atoms with Crippen molar-refractivity contribution >= 4 is 5.97 Å². The zero-order chi connectivity index (χ0) is 17.2. The maximum absolute atomic E-state index is 11.2. The number of ether oxygens (including phenoxy) is 4. The summed E-state index contributed by atoms with van der Waals surface area (Å²) in [6, 6.07) is 5.54. The van der Waals surface area contributed by atoms with E-state index < -0.39 is 5.97 Å². The largest absolute Gasteiger partial charge is 0.467 e. The lowest BCUT2D eigenvalue weighted by Gasteiger charge is -2.16. The summed E-state index contributed by atoms with van der Waals surface area (Å²) in [5, 5.41) is 8.38. The summed E-state index contributed by atoms with van der Waals surface area (Å²) in [5.41, 5.74) is 1.45. The Kier molecular flexibility index (Phi) is 4.43. The van der Waals surface area contributed by atoms with Crippen LogP contribution in [0.4, 0.5) is 0 Å². The SMILES string of the molecule is COC(=O)COC1COC2C1OCC2n1cc(-c2ccccn2)nn1. The van der Waals surface area contributed by atoms with E-state index in [1.807, 2.05) is 24.4 Å². The van der Waals surface area contributed by atoms with Crippen molar-refractivity contribution in [2.75, 3.05) is 26.9 Å². The Morgan fingerprint density at radius 1 is 1.28 bits per heavy atom. The minimum atomic E-state index is -0.422. The predicted molar refractivity (Wildman–Crippen MR) is 83.5 cm³/mol. The molecule has 4 rings (SSSR count). The van der Waals surface area contributed by atoms with E-state index in [9.17, 15) is 4.79 Å². The van der Waals surface area contributed by atoms with Crippen LogP contribution in [0.2, 0.25) is 0 Å². The van der Waals surface area contributed by atoms with Gasteiger partial charge in [-0.05, 0) is 12.1 Å². The molecule has 2 aromatic heterocycles. The van der Waals surface area contributed by atoms with E-state index in [1.54, 1.807) is 10.9 Å². The fourth-order valence-corrected chi connectivity index (χ4v) is 3.12. The van der Waals surface area contributed by atoms with E-state index in [4.69, 9.17) is 14.2 Å². The summed E-state index contributed by atoms with van der Waals surface area (Å²) in [4.78, 5) is 15.5. The van der Waals surface area contributed by atoms with Gasteiger partial charge >= 0.3 is 5.97 Å². The van der Waals surface area contributed by atoms with Gasteiger partial charge in [0.1, 0.15) is 36.7 Å². The van der Waals surface area contributed by atoms with E-state index in [0.29, 0.717) is 18.9 Å². The maximum Gasteiger partial charge on any atom is 0.331 e. The number of carbonyl (C=O) groups is 1. The molecular weight excluding hydrogens is 328 g/mol. The Bertz CT molecular complexity index is 737. The van der Waals surface area contributed by atoms with Gasteiger partial charge < -0.3 is 18.9 Å². The lowest BCUT2D eigenvalue weighted by molar-refractivity contribution is -0.150. The molecule has 2 aliphatic rings. The van der Waals surface area contributed by atoms with Crippen LogP contribution in [0.15, 0.2) is 30.6 Å². The van der Waals surface area contributed by atoms with Crippen LogP contribution in [-0.4, -0.2) is 71.2 Å². The topological polar surface area (TPSA) is 97.6 Å². The Morgan fingerprint density at radius 2 is 2.16 bits per heavy atom. The lowest BCUT2D eigenvalue weighted by atomic mass is 10.1. The maximum atomic E-state index is 11.2. The number of hydrogen-bond acceptors (Lipinski definition) is 8. The first-order chi connectivity index (χ1) is 12.3. The van der Waals surface area contributed by atoms with Gasteiger partial charge in [-0.2, -0.15) is 0 Å². The van der Waals surface area contributed by atoms with E-state index in [1.165, 1.54) is 7.11 Å². The van der Waals surface area contributed by atoms with Gasteiger partial charge in [0, 0.05) is 6.20 Å². The Balaban J connectivity index is 1.44. The average molecular weight is 346 g/mol. The lowest BCUT2D eigenvalue weighted by Crippen LogP contribution is -2.33. The number of methoxy groups -OCH3 is 1. The molecule has 0 radical (unpaired) electrons. The van der Waals surface area contributed by atoms with E-state index in [0.717, 1.165) is 5.69 Å². The highest BCUT2D eigenvalue weighted by molar-refractivity contribution is 5.70. The molecule has 0 saturated carbocycles. The van der Waals surface area contributed by atoms with E-state index in [-0.39, 0.29) is 31.0 Å². The summed E-state index contributed by atoms with van der Waals surface area (Å²) in [5.74, 6) is -0.422. The third-order valence-corrected chi connectivity index (χ3v) is 4.40. The van der Waals surface area contributed by atoms with Crippen molar-refractivity contribution < 1.29 is 23.7 Å². The molecule has 0 N–H and O–H groups in total. The van der Waals surface area contributed by atoms with Crippen LogP contribution in [0.3, 0.4) is 0 Å². The van der Waals surface area contributed by atoms with Crippen molar-refractivity contribution in [2.45, 2.75) is 24.4 Å². The van der Waals surface area contributed by atoms with Crippen LogP contribution < -0.4 is 0 Å². The molecule has 0 bridgehead atoms. The first-order valence-electron chi connectivity index (χ1n) is 8.01. The van der Waals surface area contributed by atoms with Crippen molar-refractivity contribution in [3.63, 3.8) is 0 Å². The monoisotopic (exact) mass is 346 g/mol. The zero-order valence-electron chi connectivity index (χ0n) is 13.6. The van der Waals surface area contributed by atoms with E-state index in [2.05, 4.69) is 20.0 Å². The van der Waals surface area contributed by atoms with Gasteiger partial charge in [-0.3, -0.25) is 4.98 Å². The Labute approximate surface area is 143 Å². The van der Waals surface area contributed by atoms with Crippen molar-refractivity contribution in [3.8, 4) is 11.4 Å². The molecular formula is C16H18N4O5. The van der Waals surface area contributed by atoms with Gasteiger partial charge in [0.25, 0.3) is 0 Å². The molecule has 9 nitrogen and oxygen atoms in total. The number of aromatic nitrogens is 4. The molecule has 0 spiro atoms. The van der Waals surface area contributed by atoms with Crippen LogP contribution >= 0.6 is 0 Å². The quantitative estimate of drug-likeness (QED) is 0.710. The van der Waals surface area contributed by atoms with Gasteiger partial charge in [-0.1, -0.05) is 11.3 Å². The van der Waals surface area contributed by atoms with Crippen LogP contribution in [0.25, 0.3) is 11.4 Å². The normalized spacial score (nSPS) is 28.0. The highest BCUT2D eigenvalue weighted by atomic mass is 16.6. The molecule has 25 heavy (non-hydrogen) atoms. The highest BCUT2D eigenvalue weighted by Crippen LogP contribution is 2.35. The van der Waals surface area contributed by atoms with Crippen molar-refractivity contribution in [1.29, 1.82) is 0 Å². The second-order valence-corrected chi connectivity index (χ2v) is 5.89. The van der Waals surface area contributed by atoms with Crippen LogP contribution in [0.5, 0.6) is 0 Å². The summed E-state index contributed by atoms with van der Waals surface area (Å²) < 4.78 is 23.5. The summed E-state index contributed by atoms with van der Waals surface area (Å²) in [7, 11) is 1.33. The molecule has 0 aliphatic carbocycles. The molecule has 2 aliphatic heterocycles. The summed E-state index contributed by atoms with van der Waals surface area (Å²) in [6.45, 7) is 0.692. The van der Waals surface area contributed by atoms with Crippen LogP contribution in [-0.2, 0) is 23.7 Å². The second-order valence-electron chi connectivity index (χ2n) is 5.89. The first-order valence-corrected chi connectivity index (χ1v) is 8.01. The fourth-order valence-electron chi connectivity index (χ4n) is 3.12. The predicted octanol–water partition coefficient (Wildman–Crippen LogP) is 0.237. The van der Waals surface area contributed by atoms with Gasteiger partial charge in [-0.15, -0.1) is 5.10 Å². The number of fused-ring (bicyclic) bond motifs is 1. The molecule has 2 saturated heterocycles. The molecule has 4 unspecified atom stereocenters.